The van der Waals surface area contributed by atoms with Crippen molar-refractivity contribution in [2.24, 2.45) is 12.1 Å². The van der Waals surface area contributed by atoms with Crippen molar-refractivity contribution in [2.45, 2.75) is 6.92 Å². The molecule has 0 atom stereocenters. The van der Waals surface area contributed by atoms with Crippen LogP contribution in [0.1, 0.15) is 11.3 Å². The van der Waals surface area contributed by atoms with E-state index in [1.165, 1.54) is 4.68 Å². The number of hydrogen-bond donors (Lipinski definition) is 1. The van der Waals surface area contributed by atoms with Gasteiger partial charge in [-0.15, -0.1) is 0 Å². The number of nitro groups is 1. The average molecular weight is 302 g/mol. The molecule has 0 saturated heterocycles. The van der Waals surface area contributed by atoms with Gasteiger partial charge in [-0.3, -0.25) is 15.5 Å². The maximum absolute atomic E-state index is 11.0. The number of hydrogen-bond acceptors (Lipinski definition) is 6. The molecule has 1 heterocycles. The Morgan fingerprint density at radius 3 is 2.55 bits per heavy atom. The van der Waals surface area contributed by atoms with Crippen LogP contribution in [0.2, 0.25) is 0 Å². The van der Waals surface area contributed by atoms with E-state index in [0.29, 0.717) is 5.69 Å². The van der Waals surface area contributed by atoms with E-state index in [-0.39, 0.29) is 11.5 Å². The van der Waals surface area contributed by atoms with Gasteiger partial charge in [-0.2, -0.15) is 10.2 Å². The van der Waals surface area contributed by atoms with Gasteiger partial charge in [-0.05, 0) is 24.6 Å². The molecule has 0 amide bonds. The topological polar surface area (TPSA) is 88.6 Å². The number of nitrogens with zero attached hydrogens (tertiary/aromatic N) is 5. The van der Waals surface area contributed by atoms with Gasteiger partial charge in [0.2, 0.25) is 5.82 Å². The fourth-order valence-corrected chi connectivity index (χ4v) is 2.02. The van der Waals surface area contributed by atoms with Gasteiger partial charge in [0.25, 0.3) is 0 Å². The maximum atomic E-state index is 11.0. The first kappa shape index (κ1) is 15.5. The third kappa shape index (κ3) is 3.22. The normalized spacial score (nSPS) is 10.9. The van der Waals surface area contributed by atoms with Crippen LogP contribution in [0.15, 0.2) is 29.4 Å². The van der Waals surface area contributed by atoms with Crippen LogP contribution in [0.5, 0.6) is 0 Å². The first-order chi connectivity index (χ1) is 10.4. The van der Waals surface area contributed by atoms with E-state index in [1.807, 2.05) is 43.3 Å². The minimum atomic E-state index is -0.466. The Kier molecular flexibility index (Phi) is 4.40. The lowest BCUT2D eigenvalue weighted by molar-refractivity contribution is -0.384. The monoisotopic (exact) mass is 302 g/mol. The molecule has 0 aliphatic heterocycles. The Morgan fingerprint density at radius 2 is 2.00 bits per heavy atom. The third-order valence-electron chi connectivity index (χ3n) is 3.17. The summed E-state index contributed by atoms with van der Waals surface area (Å²) in [7, 11) is 5.56. The summed E-state index contributed by atoms with van der Waals surface area (Å²) >= 11 is 0. The van der Waals surface area contributed by atoms with E-state index in [9.17, 15) is 10.1 Å². The molecule has 22 heavy (non-hydrogen) atoms. The van der Waals surface area contributed by atoms with E-state index in [0.717, 1.165) is 11.3 Å². The van der Waals surface area contributed by atoms with Crippen molar-refractivity contribution < 1.29 is 4.92 Å². The van der Waals surface area contributed by atoms with Gasteiger partial charge in [0.05, 0.1) is 11.1 Å². The lowest BCUT2D eigenvalue weighted by Crippen LogP contribution is -2.08. The Balaban J connectivity index is 2.14. The number of aromatic nitrogens is 2. The number of nitrogens with one attached hydrogen (secondary N) is 1. The molecule has 0 bridgehead atoms. The van der Waals surface area contributed by atoms with Crippen LogP contribution in [-0.2, 0) is 7.05 Å². The van der Waals surface area contributed by atoms with E-state index in [4.69, 9.17) is 0 Å². The second-order valence-corrected chi connectivity index (χ2v) is 5.02. The molecule has 2 aromatic rings. The largest absolute Gasteiger partial charge is 0.378 e. The van der Waals surface area contributed by atoms with E-state index >= 15 is 0 Å². The van der Waals surface area contributed by atoms with Gasteiger partial charge >= 0.3 is 5.69 Å². The molecule has 0 spiro atoms. The van der Waals surface area contributed by atoms with Crippen LogP contribution in [-0.4, -0.2) is 35.0 Å². The van der Waals surface area contributed by atoms with Gasteiger partial charge in [0.1, 0.15) is 5.69 Å². The first-order valence-electron chi connectivity index (χ1n) is 6.64. The molecule has 0 saturated carbocycles. The van der Waals surface area contributed by atoms with Crippen molar-refractivity contribution in [1.29, 1.82) is 0 Å². The number of benzene rings is 1. The summed E-state index contributed by atoms with van der Waals surface area (Å²) < 4.78 is 1.40. The van der Waals surface area contributed by atoms with Crippen LogP contribution < -0.4 is 10.3 Å². The fourth-order valence-electron chi connectivity index (χ4n) is 2.02. The lowest BCUT2D eigenvalue weighted by atomic mass is 10.2. The second kappa shape index (κ2) is 6.25. The average Bonchev–Trinajstić information content (AvgIpc) is 2.74. The fraction of sp³-hybridized carbons (Fsp3) is 0.286. The van der Waals surface area contributed by atoms with E-state index < -0.39 is 4.92 Å². The van der Waals surface area contributed by atoms with Gasteiger partial charge in [-0.25, -0.2) is 4.68 Å². The molecule has 116 valence electrons. The SMILES string of the molecule is Cc1nn(C)c(N/N=C/c2ccc(N(C)C)cc2)c1[N+](=O)[O-]. The smallest absolute Gasteiger partial charge is 0.335 e. The number of hydrazone groups is 1. The summed E-state index contributed by atoms with van der Waals surface area (Å²) in [6, 6.07) is 7.78. The molecule has 2 rings (SSSR count). The Hall–Kier alpha value is -2.90. The summed E-state index contributed by atoms with van der Waals surface area (Å²) in [6.07, 6.45) is 1.60. The highest BCUT2D eigenvalue weighted by Gasteiger charge is 2.23. The van der Waals surface area contributed by atoms with E-state index in [2.05, 4.69) is 15.6 Å². The van der Waals surface area contributed by atoms with Crippen LogP contribution in [0.3, 0.4) is 0 Å². The van der Waals surface area contributed by atoms with Crippen molar-refractivity contribution in [1.82, 2.24) is 9.78 Å². The van der Waals surface area contributed by atoms with E-state index in [1.54, 1.807) is 20.2 Å². The molecule has 0 aliphatic rings. The Morgan fingerprint density at radius 1 is 1.36 bits per heavy atom. The number of anilines is 2. The maximum Gasteiger partial charge on any atom is 0.335 e. The van der Waals surface area contributed by atoms with Crippen LogP contribution >= 0.6 is 0 Å². The van der Waals surface area contributed by atoms with Gasteiger partial charge < -0.3 is 4.90 Å². The second-order valence-electron chi connectivity index (χ2n) is 5.02. The molecular formula is C14H18N6O2. The third-order valence-corrected chi connectivity index (χ3v) is 3.17. The number of aryl methyl sites for hydroxylation is 2. The van der Waals surface area contributed by atoms with Crippen molar-refractivity contribution in [3.05, 3.63) is 45.6 Å². The quantitative estimate of drug-likeness (QED) is 0.519. The van der Waals surface area contributed by atoms with Crippen LogP contribution in [0.25, 0.3) is 0 Å². The van der Waals surface area contributed by atoms with Crippen molar-refractivity contribution in [3.63, 3.8) is 0 Å². The predicted molar refractivity (Wildman–Crippen MR) is 86.6 cm³/mol. The molecule has 1 aromatic carbocycles. The van der Waals surface area contributed by atoms with Gasteiger partial charge in [0, 0.05) is 26.8 Å². The lowest BCUT2D eigenvalue weighted by Gasteiger charge is -2.11. The van der Waals surface area contributed by atoms with Crippen molar-refractivity contribution in [2.75, 3.05) is 24.4 Å². The zero-order valence-corrected chi connectivity index (χ0v) is 12.9. The zero-order chi connectivity index (χ0) is 16.3. The summed E-state index contributed by atoms with van der Waals surface area (Å²) in [5.41, 5.74) is 4.94. The molecule has 0 unspecified atom stereocenters. The summed E-state index contributed by atoms with van der Waals surface area (Å²) in [5.74, 6) is 0.253. The molecule has 0 fully saturated rings. The van der Waals surface area contributed by atoms with Crippen molar-refractivity contribution >= 4 is 23.4 Å². The Bertz CT molecular complexity index is 703. The standard InChI is InChI=1S/C14H18N6O2/c1-10-13(20(21)22)14(19(4)17-10)16-15-9-11-5-7-12(8-6-11)18(2)3/h5-9,16H,1-4H3/b15-9+. The Labute approximate surface area is 128 Å². The molecule has 0 radical (unpaired) electrons. The summed E-state index contributed by atoms with van der Waals surface area (Å²) in [6.45, 7) is 1.59. The molecular weight excluding hydrogens is 284 g/mol. The van der Waals surface area contributed by atoms with Gasteiger partial charge in [-0.1, -0.05) is 12.1 Å². The minimum absolute atomic E-state index is 0.0670. The highest BCUT2D eigenvalue weighted by molar-refractivity contribution is 5.81. The van der Waals surface area contributed by atoms with Gasteiger partial charge in [0.15, 0.2) is 0 Å². The number of rotatable bonds is 5. The predicted octanol–water partition coefficient (Wildman–Crippen LogP) is 2.15. The minimum Gasteiger partial charge on any atom is -0.378 e. The van der Waals surface area contributed by atoms with Crippen LogP contribution in [0, 0.1) is 17.0 Å². The zero-order valence-electron chi connectivity index (χ0n) is 12.9. The summed E-state index contributed by atoms with van der Waals surface area (Å²) in [5, 5.41) is 19.1. The summed E-state index contributed by atoms with van der Waals surface area (Å²) in [4.78, 5) is 12.6. The molecule has 8 heteroatoms. The first-order valence-corrected chi connectivity index (χ1v) is 6.64. The van der Waals surface area contributed by atoms with Crippen LogP contribution in [0.4, 0.5) is 17.2 Å². The molecule has 1 aromatic heterocycles. The highest BCUT2D eigenvalue weighted by Crippen LogP contribution is 2.27. The highest BCUT2D eigenvalue weighted by atomic mass is 16.6. The molecule has 0 aliphatic carbocycles. The van der Waals surface area contributed by atoms with Crippen molar-refractivity contribution in [3.8, 4) is 0 Å². The molecule has 1 N–H and O–H groups in total. The molecule has 8 nitrogen and oxygen atoms in total.